The van der Waals surface area contributed by atoms with Gasteiger partial charge in [-0.2, -0.15) is 10.2 Å². The number of ether oxygens (including phenoxy) is 2. The number of nitriles is 1. The average molecular weight is 387 g/mol. The van der Waals surface area contributed by atoms with Crippen LogP contribution in [0.4, 0.5) is 20.7 Å². The van der Waals surface area contributed by atoms with E-state index in [-0.39, 0.29) is 34.8 Å². The lowest BCUT2D eigenvalue weighted by molar-refractivity contribution is 0.0852. The van der Waals surface area contributed by atoms with Gasteiger partial charge in [0.05, 0.1) is 24.4 Å². The van der Waals surface area contributed by atoms with Crippen molar-refractivity contribution in [3.63, 3.8) is 0 Å². The molecule has 9 nitrogen and oxygen atoms in total. The lowest BCUT2D eigenvalue weighted by Gasteiger charge is -2.30. The molecule has 0 radical (unpaired) electrons. The Balaban J connectivity index is 1.76. The van der Waals surface area contributed by atoms with Gasteiger partial charge in [-0.1, -0.05) is 0 Å². The van der Waals surface area contributed by atoms with Gasteiger partial charge >= 0.3 is 6.09 Å². The second-order valence-electron chi connectivity index (χ2n) is 6.08. The second kappa shape index (κ2) is 8.39. The molecular formula is C18H18FN5O4. The van der Waals surface area contributed by atoms with Crippen LogP contribution in [0, 0.1) is 17.1 Å². The Morgan fingerprint density at radius 2 is 2.14 bits per heavy atom. The van der Waals surface area contributed by atoms with Crippen molar-refractivity contribution in [2.24, 2.45) is 0 Å². The lowest BCUT2D eigenvalue weighted by Crippen LogP contribution is -2.41. The van der Waals surface area contributed by atoms with Crippen molar-refractivity contribution in [1.29, 1.82) is 5.26 Å². The Labute approximate surface area is 160 Å². The summed E-state index contributed by atoms with van der Waals surface area (Å²) in [5, 5.41) is 20.7. The number of carbonyl (C=O) groups is 1. The summed E-state index contributed by atoms with van der Waals surface area (Å²) < 4.78 is 25.4. The molecule has 0 unspecified atom stereocenters. The molecule has 1 saturated heterocycles. The molecule has 0 bridgehead atoms. The van der Waals surface area contributed by atoms with E-state index in [2.05, 4.69) is 15.3 Å². The topological polar surface area (TPSA) is 121 Å². The predicted octanol–water partition coefficient (Wildman–Crippen LogP) is 2.76. The van der Waals surface area contributed by atoms with Gasteiger partial charge in [0.15, 0.2) is 5.82 Å². The molecular weight excluding hydrogens is 369 g/mol. The van der Waals surface area contributed by atoms with Crippen LogP contribution in [0.5, 0.6) is 11.6 Å². The molecule has 0 saturated carbocycles. The largest absolute Gasteiger partial charge is 0.489 e. The van der Waals surface area contributed by atoms with Gasteiger partial charge < -0.3 is 24.8 Å². The van der Waals surface area contributed by atoms with Crippen LogP contribution in [-0.2, 0) is 0 Å². The Kier molecular flexibility index (Phi) is 5.74. The Morgan fingerprint density at radius 1 is 1.39 bits per heavy atom. The highest BCUT2D eigenvalue weighted by Crippen LogP contribution is 2.35. The van der Waals surface area contributed by atoms with Crippen molar-refractivity contribution in [1.82, 2.24) is 14.9 Å². The number of amides is 1. The molecule has 1 amide bonds. The van der Waals surface area contributed by atoms with Gasteiger partial charge in [-0.3, -0.25) is 0 Å². The van der Waals surface area contributed by atoms with E-state index in [9.17, 15) is 9.18 Å². The fraction of sp³-hybridized carbons (Fsp3) is 0.333. The third-order valence-corrected chi connectivity index (χ3v) is 4.32. The van der Waals surface area contributed by atoms with Crippen molar-refractivity contribution in [2.75, 3.05) is 25.5 Å². The number of methoxy groups -OCH3 is 1. The molecule has 1 aromatic carbocycles. The Morgan fingerprint density at radius 3 is 2.75 bits per heavy atom. The summed E-state index contributed by atoms with van der Waals surface area (Å²) >= 11 is 0. The molecule has 28 heavy (non-hydrogen) atoms. The molecule has 1 aliphatic heterocycles. The molecule has 10 heteroatoms. The minimum absolute atomic E-state index is 0.122. The van der Waals surface area contributed by atoms with Crippen LogP contribution in [-0.4, -0.2) is 52.4 Å². The van der Waals surface area contributed by atoms with Crippen LogP contribution in [0.2, 0.25) is 0 Å². The first-order chi connectivity index (χ1) is 13.5. The standard InChI is InChI=1S/C18H18FN5O4/c1-27-15-16(23-14-3-2-11(9-20)8-13(14)19)21-10-22-17(15)28-12-4-6-24(7-5-12)18(25)26/h2-3,8,10,12H,4-7H2,1H3,(H,25,26)(H,21,22,23). The van der Waals surface area contributed by atoms with Gasteiger partial charge in [-0.15, -0.1) is 0 Å². The fourth-order valence-corrected chi connectivity index (χ4v) is 2.85. The highest BCUT2D eigenvalue weighted by Gasteiger charge is 2.25. The average Bonchev–Trinajstić information content (AvgIpc) is 2.70. The van der Waals surface area contributed by atoms with E-state index >= 15 is 0 Å². The first kappa shape index (κ1) is 19.2. The molecule has 1 aromatic heterocycles. The zero-order valence-electron chi connectivity index (χ0n) is 15.1. The van der Waals surface area contributed by atoms with Crippen LogP contribution in [0.25, 0.3) is 0 Å². The maximum atomic E-state index is 14.2. The molecule has 2 aromatic rings. The number of carboxylic acid groups (broad SMARTS) is 1. The third-order valence-electron chi connectivity index (χ3n) is 4.32. The van der Waals surface area contributed by atoms with E-state index < -0.39 is 11.9 Å². The van der Waals surface area contributed by atoms with Crippen molar-refractivity contribution in [3.8, 4) is 17.7 Å². The highest BCUT2D eigenvalue weighted by molar-refractivity contribution is 5.66. The summed E-state index contributed by atoms with van der Waals surface area (Å²) in [5.74, 6) is -0.0166. The molecule has 0 atom stereocenters. The molecule has 0 aliphatic carbocycles. The summed E-state index contributed by atoms with van der Waals surface area (Å²) in [6.45, 7) is 0.740. The van der Waals surface area contributed by atoms with E-state index in [4.69, 9.17) is 19.8 Å². The SMILES string of the molecule is COc1c(Nc2ccc(C#N)cc2F)ncnc1OC1CCN(C(=O)O)CC1. The van der Waals surface area contributed by atoms with Gasteiger partial charge in [-0.05, 0) is 18.2 Å². The second-order valence-corrected chi connectivity index (χ2v) is 6.08. The van der Waals surface area contributed by atoms with Crippen molar-refractivity contribution < 1.29 is 23.8 Å². The normalized spacial score (nSPS) is 14.2. The molecule has 146 valence electrons. The molecule has 0 spiro atoms. The van der Waals surface area contributed by atoms with Gasteiger partial charge in [0, 0.05) is 25.9 Å². The summed E-state index contributed by atoms with van der Waals surface area (Å²) in [7, 11) is 1.42. The van der Waals surface area contributed by atoms with Crippen molar-refractivity contribution in [2.45, 2.75) is 18.9 Å². The number of benzene rings is 1. The summed E-state index contributed by atoms with van der Waals surface area (Å²) in [6, 6.07) is 5.89. The fourth-order valence-electron chi connectivity index (χ4n) is 2.85. The number of halogens is 1. The molecule has 2 N–H and O–H groups in total. The number of nitrogens with one attached hydrogen (secondary N) is 1. The number of aromatic nitrogens is 2. The van der Waals surface area contributed by atoms with Crippen LogP contribution in [0.3, 0.4) is 0 Å². The zero-order chi connectivity index (χ0) is 20.1. The Hall–Kier alpha value is -3.61. The summed E-state index contributed by atoms with van der Waals surface area (Å²) in [6.07, 6.45) is 1.13. The number of rotatable bonds is 5. The first-order valence-corrected chi connectivity index (χ1v) is 8.52. The molecule has 1 aliphatic rings. The monoisotopic (exact) mass is 387 g/mol. The number of hydrogen-bond donors (Lipinski definition) is 2. The first-order valence-electron chi connectivity index (χ1n) is 8.52. The van der Waals surface area contributed by atoms with E-state index in [0.717, 1.165) is 6.07 Å². The molecule has 3 rings (SSSR count). The number of hydrogen-bond acceptors (Lipinski definition) is 7. The van der Waals surface area contributed by atoms with E-state index in [0.29, 0.717) is 25.9 Å². The highest BCUT2D eigenvalue weighted by atomic mass is 19.1. The van der Waals surface area contributed by atoms with E-state index in [1.165, 1.54) is 30.5 Å². The minimum atomic E-state index is -0.950. The van der Waals surface area contributed by atoms with E-state index in [1.807, 2.05) is 6.07 Å². The van der Waals surface area contributed by atoms with Crippen LogP contribution < -0.4 is 14.8 Å². The summed E-state index contributed by atoms with van der Waals surface area (Å²) in [5.41, 5.74) is 0.325. The van der Waals surface area contributed by atoms with Crippen molar-refractivity contribution >= 4 is 17.6 Å². The summed E-state index contributed by atoms with van der Waals surface area (Å²) in [4.78, 5) is 20.5. The van der Waals surface area contributed by atoms with Gasteiger partial charge in [0.2, 0.25) is 5.75 Å². The van der Waals surface area contributed by atoms with Gasteiger partial charge in [0.25, 0.3) is 5.88 Å². The van der Waals surface area contributed by atoms with Crippen LogP contribution >= 0.6 is 0 Å². The van der Waals surface area contributed by atoms with Crippen molar-refractivity contribution in [3.05, 3.63) is 35.9 Å². The van der Waals surface area contributed by atoms with Crippen LogP contribution in [0.15, 0.2) is 24.5 Å². The zero-order valence-corrected chi connectivity index (χ0v) is 15.1. The number of nitrogens with zero attached hydrogens (tertiary/aromatic N) is 4. The number of piperidine rings is 1. The predicted molar refractivity (Wildman–Crippen MR) is 96.2 cm³/mol. The third kappa shape index (κ3) is 4.20. The van der Waals surface area contributed by atoms with Gasteiger partial charge in [0.1, 0.15) is 18.2 Å². The molecule has 1 fully saturated rings. The van der Waals surface area contributed by atoms with E-state index in [1.54, 1.807) is 0 Å². The quantitative estimate of drug-likeness (QED) is 0.803. The maximum Gasteiger partial charge on any atom is 0.407 e. The number of likely N-dealkylation sites (tertiary alicyclic amines) is 1. The number of anilines is 2. The van der Waals surface area contributed by atoms with Gasteiger partial charge in [-0.25, -0.2) is 14.2 Å². The maximum absolute atomic E-state index is 14.2. The molecule has 2 heterocycles. The smallest absolute Gasteiger partial charge is 0.407 e. The van der Waals surface area contributed by atoms with Crippen LogP contribution in [0.1, 0.15) is 18.4 Å². The minimum Gasteiger partial charge on any atom is -0.489 e. The Bertz CT molecular complexity index is 909. The lowest BCUT2D eigenvalue weighted by atomic mass is 10.1.